The van der Waals surface area contributed by atoms with E-state index in [9.17, 15) is 18.0 Å². The largest absolute Gasteiger partial charge is 0.481 e. The van der Waals surface area contributed by atoms with E-state index in [1.807, 2.05) is 0 Å². The van der Waals surface area contributed by atoms with Crippen LogP contribution < -0.4 is 5.32 Å². The van der Waals surface area contributed by atoms with Gasteiger partial charge < -0.3 is 10.4 Å². The summed E-state index contributed by atoms with van der Waals surface area (Å²) in [4.78, 5) is 22.8. The zero-order valence-corrected chi connectivity index (χ0v) is 14.4. The molecule has 24 heavy (non-hydrogen) atoms. The number of carboxylic acid groups (broad SMARTS) is 1. The lowest BCUT2D eigenvalue weighted by Gasteiger charge is -2.16. The fourth-order valence-corrected chi connectivity index (χ4v) is 4.16. The molecule has 1 aliphatic heterocycles. The van der Waals surface area contributed by atoms with Gasteiger partial charge in [-0.25, -0.2) is 8.42 Å². The summed E-state index contributed by atoms with van der Waals surface area (Å²) in [7, 11) is -3.57. The second-order valence-corrected chi connectivity index (χ2v) is 7.78. The summed E-state index contributed by atoms with van der Waals surface area (Å²) in [6, 6.07) is 4.54. The Morgan fingerprint density at radius 3 is 2.54 bits per heavy atom. The van der Waals surface area contributed by atoms with Gasteiger partial charge in [-0.05, 0) is 43.9 Å². The zero-order valence-electron chi connectivity index (χ0n) is 13.6. The third kappa shape index (κ3) is 4.33. The quantitative estimate of drug-likeness (QED) is 0.720. The maximum atomic E-state index is 12.6. The predicted octanol–water partition coefficient (Wildman–Crippen LogP) is 1.37. The molecule has 7 nitrogen and oxygen atoms in total. The van der Waals surface area contributed by atoms with Gasteiger partial charge in [0.2, 0.25) is 10.0 Å². The number of amides is 1. The minimum atomic E-state index is -3.57. The van der Waals surface area contributed by atoms with Gasteiger partial charge in [0.25, 0.3) is 5.91 Å². The smallest absolute Gasteiger partial charge is 0.303 e. The normalized spacial score (nSPS) is 15.4. The topological polar surface area (TPSA) is 104 Å². The second-order valence-electron chi connectivity index (χ2n) is 5.84. The molecule has 2 N–H and O–H groups in total. The number of hydrogen-bond donors (Lipinski definition) is 2. The molecule has 2 rings (SSSR count). The summed E-state index contributed by atoms with van der Waals surface area (Å²) in [6.45, 7) is 2.98. The number of aliphatic carboxylic acids is 1. The highest BCUT2D eigenvalue weighted by Crippen LogP contribution is 2.23. The van der Waals surface area contributed by atoms with Gasteiger partial charge in [-0.1, -0.05) is 6.07 Å². The minimum Gasteiger partial charge on any atom is -0.481 e. The van der Waals surface area contributed by atoms with E-state index >= 15 is 0 Å². The van der Waals surface area contributed by atoms with Crippen LogP contribution in [0.4, 0.5) is 0 Å². The Labute approximate surface area is 141 Å². The highest BCUT2D eigenvalue weighted by atomic mass is 32.2. The second kappa shape index (κ2) is 7.76. The van der Waals surface area contributed by atoms with Gasteiger partial charge in [-0.3, -0.25) is 9.59 Å². The summed E-state index contributed by atoms with van der Waals surface area (Å²) >= 11 is 0. The molecule has 0 radical (unpaired) electrons. The lowest BCUT2D eigenvalue weighted by Crippen LogP contribution is -2.29. The van der Waals surface area contributed by atoms with Crippen molar-refractivity contribution in [3.63, 3.8) is 0 Å². The Bertz CT molecular complexity index is 724. The van der Waals surface area contributed by atoms with Crippen molar-refractivity contribution in [2.24, 2.45) is 0 Å². The molecular formula is C16H22N2O5S. The van der Waals surface area contributed by atoms with E-state index in [4.69, 9.17) is 5.11 Å². The molecule has 8 heteroatoms. The molecule has 0 saturated carbocycles. The molecule has 1 aliphatic rings. The zero-order chi connectivity index (χ0) is 17.7. The number of nitrogens with zero attached hydrogens (tertiary/aromatic N) is 1. The van der Waals surface area contributed by atoms with Crippen molar-refractivity contribution in [2.75, 3.05) is 19.6 Å². The van der Waals surface area contributed by atoms with E-state index < -0.39 is 21.9 Å². The molecular weight excluding hydrogens is 332 g/mol. The highest BCUT2D eigenvalue weighted by Gasteiger charge is 2.28. The predicted molar refractivity (Wildman–Crippen MR) is 88.4 cm³/mol. The lowest BCUT2D eigenvalue weighted by atomic mass is 10.1. The van der Waals surface area contributed by atoms with Crippen molar-refractivity contribution in [2.45, 2.75) is 37.5 Å². The Morgan fingerprint density at radius 1 is 1.25 bits per heavy atom. The van der Waals surface area contributed by atoms with E-state index in [0.29, 0.717) is 30.6 Å². The Hall–Kier alpha value is -1.93. The van der Waals surface area contributed by atoms with Gasteiger partial charge in [-0.15, -0.1) is 0 Å². The van der Waals surface area contributed by atoms with Crippen LogP contribution >= 0.6 is 0 Å². The van der Waals surface area contributed by atoms with Gasteiger partial charge in [0.15, 0.2) is 0 Å². The number of rotatable bonds is 7. The van der Waals surface area contributed by atoms with Crippen LogP contribution in [0.3, 0.4) is 0 Å². The van der Waals surface area contributed by atoms with E-state index in [2.05, 4.69) is 5.32 Å². The van der Waals surface area contributed by atoms with Crippen molar-refractivity contribution in [1.29, 1.82) is 0 Å². The number of benzene rings is 1. The van der Waals surface area contributed by atoms with Gasteiger partial charge in [-0.2, -0.15) is 4.31 Å². The number of hydrogen-bond acceptors (Lipinski definition) is 4. The summed E-state index contributed by atoms with van der Waals surface area (Å²) in [5, 5.41) is 11.2. The molecule has 1 aromatic carbocycles. The van der Waals surface area contributed by atoms with Gasteiger partial charge >= 0.3 is 5.97 Å². The molecule has 0 aromatic heterocycles. The molecule has 0 bridgehead atoms. The number of sulfonamides is 1. The van der Waals surface area contributed by atoms with E-state index in [0.717, 1.165) is 12.8 Å². The number of carbonyl (C=O) groups is 2. The monoisotopic (exact) mass is 354 g/mol. The fourth-order valence-electron chi connectivity index (χ4n) is 2.62. The van der Waals surface area contributed by atoms with Crippen LogP contribution in [0.5, 0.6) is 0 Å². The Kier molecular flexibility index (Phi) is 5.95. The lowest BCUT2D eigenvalue weighted by molar-refractivity contribution is -0.137. The number of nitrogens with one attached hydrogen (secondary N) is 1. The molecule has 0 atom stereocenters. The van der Waals surface area contributed by atoms with E-state index in [1.165, 1.54) is 16.4 Å². The van der Waals surface area contributed by atoms with Crippen LogP contribution in [0.25, 0.3) is 0 Å². The molecule has 0 aliphatic carbocycles. The van der Waals surface area contributed by atoms with E-state index in [-0.39, 0.29) is 17.9 Å². The molecule has 1 amide bonds. The molecule has 0 unspecified atom stereocenters. The molecule has 1 heterocycles. The van der Waals surface area contributed by atoms with Crippen LogP contribution in [0, 0.1) is 6.92 Å². The highest BCUT2D eigenvalue weighted by molar-refractivity contribution is 7.89. The first-order chi connectivity index (χ1) is 11.3. The van der Waals surface area contributed by atoms with Crippen molar-refractivity contribution >= 4 is 21.9 Å². The Morgan fingerprint density at radius 2 is 1.92 bits per heavy atom. The van der Waals surface area contributed by atoms with Crippen LogP contribution in [0.1, 0.15) is 41.6 Å². The van der Waals surface area contributed by atoms with Gasteiger partial charge in [0.05, 0.1) is 4.90 Å². The molecule has 0 spiro atoms. The summed E-state index contributed by atoms with van der Waals surface area (Å²) in [5.41, 5.74) is 0.969. The molecule has 1 saturated heterocycles. The first-order valence-corrected chi connectivity index (χ1v) is 9.37. The van der Waals surface area contributed by atoms with E-state index in [1.54, 1.807) is 13.0 Å². The number of aryl methyl sites for hydroxylation is 1. The van der Waals surface area contributed by atoms with Crippen molar-refractivity contribution in [3.8, 4) is 0 Å². The average Bonchev–Trinajstić information content (AvgIpc) is 3.06. The maximum Gasteiger partial charge on any atom is 0.303 e. The molecule has 132 valence electrons. The Balaban J connectivity index is 2.13. The first kappa shape index (κ1) is 18.4. The maximum absolute atomic E-state index is 12.6. The van der Waals surface area contributed by atoms with Crippen LogP contribution in [-0.2, 0) is 14.8 Å². The van der Waals surface area contributed by atoms with Crippen molar-refractivity contribution in [3.05, 3.63) is 29.3 Å². The first-order valence-electron chi connectivity index (χ1n) is 7.93. The van der Waals surface area contributed by atoms with Crippen molar-refractivity contribution < 1.29 is 23.1 Å². The van der Waals surface area contributed by atoms with Crippen molar-refractivity contribution in [1.82, 2.24) is 9.62 Å². The summed E-state index contributed by atoms with van der Waals surface area (Å²) < 4.78 is 26.6. The summed E-state index contributed by atoms with van der Waals surface area (Å²) in [5.74, 6) is -1.31. The third-order valence-electron chi connectivity index (χ3n) is 4.01. The van der Waals surface area contributed by atoms with Crippen LogP contribution in [0.2, 0.25) is 0 Å². The van der Waals surface area contributed by atoms with Crippen LogP contribution in [0.15, 0.2) is 23.1 Å². The average molecular weight is 354 g/mol. The number of carbonyl (C=O) groups excluding carboxylic acids is 1. The standard InChI is InChI=1S/C16H22N2O5S/c1-12-6-7-13(24(22,23)18-9-2-3-10-18)11-14(12)16(21)17-8-4-5-15(19)20/h6-7,11H,2-5,8-10H2,1H3,(H,17,21)(H,19,20). The SMILES string of the molecule is Cc1ccc(S(=O)(=O)N2CCCC2)cc1C(=O)NCCCC(=O)O. The fraction of sp³-hybridized carbons (Fsp3) is 0.500. The third-order valence-corrected chi connectivity index (χ3v) is 5.90. The minimum absolute atomic E-state index is 0.0252. The van der Waals surface area contributed by atoms with Gasteiger partial charge in [0.1, 0.15) is 0 Å². The summed E-state index contributed by atoms with van der Waals surface area (Å²) in [6.07, 6.45) is 2.00. The van der Waals surface area contributed by atoms with Crippen LogP contribution in [-0.4, -0.2) is 49.3 Å². The molecule has 1 fully saturated rings. The molecule has 1 aromatic rings. The van der Waals surface area contributed by atoms with Gasteiger partial charge in [0, 0.05) is 31.6 Å². The number of carboxylic acids is 1.